The molecule has 0 amide bonds. The van der Waals surface area contributed by atoms with Crippen molar-refractivity contribution in [3.05, 3.63) is 0 Å². The van der Waals surface area contributed by atoms with Gasteiger partial charge in [-0.3, -0.25) is 10.2 Å². The van der Waals surface area contributed by atoms with Gasteiger partial charge in [-0.15, -0.1) is 0 Å². The zero-order valence-electron chi connectivity index (χ0n) is 6.26. The Morgan fingerprint density at radius 2 is 2.09 bits per heavy atom. The van der Waals surface area contributed by atoms with Gasteiger partial charge in [-0.05, 0) is 12.8 Å². The lowest BCUT2D eigenvalue weighted by molar-refractivity contribution is 0.189. The molecule has 2 aliphatic rings. The molecule has 0 aliphatic carbocycles. The predicted molar refractivity (Wildman–Crippen MR) is 52.9 cm³/mol. The van der Waals surface area contributed by atoms with E-state index in [-0.39, 0.29) is 0 Å². The highest BCUT2D eigenvalue weighted by molar-refractivity contribution is 9.10. The van der Waals surface area contributed by atoms with Crippen molar-refractivity contribution >= 4 is 31.9 Å². The van der Waals surface area contributed by atoms with E-state index in [0.29, 0.717) is 16.1 Å². The average Bonchev–Trinajstić information content (AvgIpc) is 2.30. The van der Waals surface area contributed by atoms with Crippen molar-refractivity contribution in [3.8, 4) is 0 Å². The summed E-state index contributed by atoms with van der Waals surface area (Å²) in [4.78, 5) is 2.97. The minimum Gasteiger partial charge on any atom is -0.279 e. The zero-order valence-corrected chi connectivity index (χ0v) is 9.44. The fourth-order valence-electron chi connectivity index (χ4n) is 1.91. The molecule has 0 aromatic carbocycles. The van der Waals surface area contributed by atoms with Gasteiger partial charge in [0.25, 0.3) is 0 Å². The van der Waals surface area contributed by atoms with Crippen LogP contribution < -0.4 is 5.32 Å². The van der Waals surface area contributed by atoms with Crippen molar-refractivity contribution in [3.63, 3.8) is 0 Å². The number of fused-ring (bicyclic) bond motifs is 1. The summed E-state index contributed by atoms with van der Waals surface area (Å²) < 4.78 is 0. The third-order valence-corrected chi connectivity index (χ3v) is 4.18. The van der Waals surface area contributed by atoms with Gasteiger partial charge in [-0.2, -0.15) is 0 Å². The number of alkyl halides is 2. The molecule has 3 unspecified atom stereocenters. The highest BCUT2D eigenvalue weighted by Gasteiger charge is 2.38. The molecule has 3 atom stereocenters. The van der Waals surface area contributed by atoms with Crippen LogP contribution in [-0.4, -0.2) is 27.5 Å². The molecule has 2 heterocycles. The largest absolute Gasteiger partial charge is 0.279 e. The van der Waals surface area contributed by atoms with Gasteiger partial charge in [-0.1, -0.05) is 38.3 Å². The second-order valence-corrected chi connectivity index (χ2v) is 5.06. The van der Waals surface area contributed by atoms with Crippen LogP contribution in [0.25, 0.3) is 0 Å². The summed E-state index contributed by atoms with van der Waals surface area (Å²) in [5.74, 6) is 0. The lowest BCUT2D eigenvalue weighted by atomic mass is 10.0. The number of rotatable bonds is 0. The van der Waals surface area contributed by atoms with E-state index in [2.05, 4.69) is 42.1 Å². The molecule has 1 N–H and O–H groups in total. The maximum absolute atomic E-state index is 3.64. The molecule has 2 saturated heterocycles. The molecule has 4 heteroatoms. The van der Waals surface area contributed by atoms with Crippen LogP contribution in [0.5, 0.6) is 0 Å². The van der Waals surface area contributed by atoms with E-state index < -0.39 is 0 Å². The van der Waals surface area contributed by atoms with E-state index >= 15 is 0 Å². The Hall–Kier alpha value is 0.880. The first-order valence-electron chi connectivity index (χ1n) is 4.09. The standard InChI is InChI=1S/C7H12Br2N2/c8-6-5-3-1-2-4-11(5)7(9)10-6/h5-7,10H,1-4H2. The highest BCUT2D eigenvalue weighted by Crippen LogP contribution is 2.31. The summed E-state index contributed by atoms with van der Waals surface area (Å²) in [6, 6.07) is 0.702. The average molecular weight is 284 g/mol. The summed E-state index contributed by atoms with van der Waals surface area (Å²) in [7, 11) is 0. The minimum atomic E-state index is 0.386. The van der Waals surface area contributed by atoms with Crippen molar-refractivity contribution in [2.24, 2.45) is 0 Å². The van der Waals surface area contributed by atoms with Crippen LogP contribution in [-0.2, 0) is 0 Å². The van der Waals surface area contributed by atoms with Gasteiger partial charge in [0.2, 0.25) is 0 Å². The fraction of sp³-hybridized carbons (Fsp3) is 1.00. The highest BCUT2D eigenvalue weighted by atomic mass is 79.9. The first-order valence-corrected chi connectivity index (χ1v) is 5.92. The maximum atomic E-state index is 3.64. The molecule has 2 aliphatic heterocycles. The van der Waals surface area contributed by atoms with E-state index in [4.69, 9.17) is 0 Å². The number of nitrogens with one attached hydrogen (secondary N) is 1. The van der Waals surface area contributed by atoms with Gasteiger partial charge in [0.05, 0.1) is 4.95 Å². The monoisotopic (exact) mass is 282 g/mol. The summed E-state index contributed by atoms with van der Waals surface area (Å²) in [5, 5.41) is 3.80. The normalized spacial score (nSPS) is 45.8. The third-order valence-electron chi connectivity index (χ3n) is 2.52. The van der Waals surface area contributed by atoms with Crippen LogP contribution in [0.4, 0.5) is 0 Å². The Labute approximate surface area is 84.0 Å². The van der Waals surface area contributed by atoms with E-state index in [9.17, 15) is 0 Å². The molecule has 11 heavy (non-hydrogen) atoms. The van der Waals surface area contributed by atoms with Crippen LogP contribution >= 0.6 is 31.9 Å². The van der Waals surface area contributed by atoms with Gasteiger partial charge in [-0.25, -0.2) is 0 Å². The molecule has 0 bridgehead atoms. The molecule has 0 aromatic heterocycles. The lowest BCUT2D eigenvalue weighted by Gasteiger charge is -2.31. The lowest BCUT2D eigenvalue weighted by Crippen LogP contribution is -2.39. The van der Waals surface area contributed by atoms with Gasteiger partial charge >= 0.3 is 0 Å². The molecule has 0 saturated carbocycles. The Bertz CT molecular complexity index is 137. The quantitative estimate of drug-likeness (QED) is 0.539. The summed E-state index contributed by atoms with van der Waals surface area (Å²) in [6.07, 6.45) is 4.05. The molecule has 64 valence electrons. The maximum Gasteiger partial charge on any atom is 0.119 e. The molecule has 2 nitrogen and oxygen atoms in total. The van der Waals surface area contributed by atoms with Gasteiger partial charge in [0.15, 0.2) is 0 Å². The Morgan fingerprint density at radius 3 is 2.82 bits per heavy atom. The van der Waals surface area contributed by atoms with Crippen molar-refractivity contribution in [2.45, 2.75) is 35.3 Å². The van der Waals surface area contributed by atoms with Crippen molar-refractivity contribution in [1.82, 2.24) is 10.2 Å². The molecule has 2 rings (SSSR count). The van der Waals surface area contributed by atoms with Crippen molar-refractivity contribution < 1.29 is 0 Å². The number of hydrogen-bond acceptors (Lipinski definition) is 2. The van der Waals surface area contributed by atoms with Crippen LogP contribution in [0.2, 0.25) is 0 Å². The summed E-state index contributed by atoms with van der Waals surface area (Å²) in [5.41, 5.74) is 0. The van der Waals surface area contributed by atoms with Crippen LogP contribution in [0, 0.1) is 0 Å². The molecular formula is C7H12Br2N2. The first kappa shape index (κ1) is 8.48. The van der Waals surface area contributed by atoms with Crippen molar-refractivity contribution in [1.29, 1.82) is 0 Å². The minimum absolute atomic E-state index is 0.386. The predicted octanol–water partition coefficient (Wildman–Crippen LogP) is 1.84. The van der Waals surface area contributed by atoms with Crippen LogP contribution in [0.15, 0.2) is 0 Å². The summed E-state index contributed by atoms with van der Waals surface area (Å²) in [6.45, 7) is 1.23. The first-order chi connectivity index (χ1) is 5.29. The van der Waals surface area contributed by atoms with Crippen LogP contribution in [0.3, 0.4) is 0 Å². The van der Waals surface area contributed by atoms with E-state index in [1.165, 1.54) is 25.8 Å². The SMILES string of the molecule is BrC1NC(Br)N2CCCCC12. The van der Waals surface area contributed by atoms with Gasteiger partial charge in [0.1, 0.15) is 5.08 Å². The van der Waals surface area contributed by atoms with Crippen LogP contribution in [0.1, 0.15) is 19.3 Å². The Balaban J connectivity index is 2.07. The Morgan fingerprint density at radius 1 is 1.27 bits per heavy atom. The number of hydrogen-bond donors (Lipinski definition) is 1. The number of halogens is 2. The molecule has 0 aromatic rings. The second-order valence-electron chi connectivity index (χ2n) is 3.21. The second kappa shape index (κ2) is 3.32. The number of piperidine rings is 1. The van der Waals surface area contributed by atoms with E-state index in [1.54, 1.807) is 0 Å². The fourth-order valence-corrected chi connectivity index (χ4v) is 3.88. The van der Waals surface area contributed by atoms with Gasteiger partial charge in [0, 0.05) is 12.6 Å². The number of nitrogens with zero attached hydrogens (tertiary/aromatic N) is 1. The molecule has 2 fully saturated rings. The summed E-state index contributed by atoms with van der Waals surface area (Å²) >= 11 is 7.24. The third kappa shape index (κ3) is 1.50. The zero-order chi connectivity index (χ0) is 7.84. The molecule has 0 spiro atoms. The van der Waals surface area contributed by atoms with E-state index in [1.807, 2.05) is 0 Å². The smallest absolute Gasteiger partial charge is 0.119 e. The van der Waals surface area contributed by atoms with Gasteiger partial charge < -0.3 is 0 Å². The topological polar surface area (TPSA) is 15.3 Å². The van der Waals surface area contributed by atoms with Crippen molar-refractivity contribution in [2.75, 3.05) is 6.54 Å². The van der Waals surface area contributed by atoms with E-state index in [0.717, 1.165) is 0 Å². The Kier molecular flexibility index (Phi) is 2.56. The molecular weight excluding hydrogens is 272 g/mol. The molecule has 0 radical (unpaired) electrons.